The predicted octanol–water partition coefficient (Wildman–Crippen LogP) is 3.44. The van der Waals surface area contributed by atoms with Crippen molar-refractivity contribution in [2.24, 2.45) is 5.41 Å². The summed E-state index contributed by atoms with van der Waals surface area (Å²) in [4.78, 5) is 12.1. The van der Waals surface area contributed by atoms with Crippen molar-refractivity contribution >= 4 is 17.6 Å². The molecule has 1 aliphatic carbocycles. The molecule has 1 aromatic carbocycles. The van der Waals surface area contributed by atoms with Gasteiger partial charge in [-0.1, -0.05) is 18.5 Å². The molecule has 0 amide bonds. The third kappa shape index (κ3) is 2.93. The van der Waals surface area contributed by atoms with Crippen molar-refractivity contribution in [3.05, 3.63) is 34.9 Å². The van der Waals surface area contributed by atoms with Crippen molar-refractivity contribution in [2.75, 3.05) is 6.61 Å². The number of rotatable bonds is 4. The highest BCUT2D eigenvalue weighted by molar-refractivity contribution is 6.30. The Hall–Kier alpha value is -1.06. The Balaban J connectivity index is 2.08. The molecule has 0 saturated heterocycles. The number of ether oxygens (including phenoxy) is 1. The molecule has 2 rings (SSSR count). The van der Waals surface area contributed by atoms with E-state index in [-0.39, 0.29) is 24.1 Å². The molecule has 3 nitrogen and oxygen atoms in total. The molecule has 0 bridgehead atoms. The van der Waals surface area contributed by atoms with Crippen LogP contribution in [0.3, 0.4) is 0 Å². The molecular formula is C15H19ClO3. The lowest BCUT2D eigenvalue weighted by Crippen LogP contribution is -2.36. The van der Waals surface area contributed by atoms with Gasteiger partial charge in [0.1, 0.15) is 6.10 Å². The minimum Gasteiger partial charge on any atom is -0.458 e. The van der Waals surface area contributed by atoms with Crippen molar-refractivity contribution in [3.63, 3.8) is 0 Å². The van der Waals surface area contributed by atoms with Gasteiger partial charge in [0.2, 0.25) is 0 Å². The summed E-state index contributed by atoms with van der Waals surface area (Å²) in [6, 6.07) is 6.66. The minimum atomic E-state index is -0.338. The first-order chi connectivity index (χ1) is 9.11. The fourth-order valence-corrected chi connectivity index (χ4v) is 2.90. The summed E-state index contributed by atoms with van der Waals surface area (Å²) in [6.07, 6.45) is 3.37. The van der Waals surface area contributed by atoms with E-state index in [0.717, 1.165) is 25.7 Å². The average molecular weight is 283 g/mol. The largest absolute Gasteiger partial charge is 0.458 e. The minimum absolute atomic E-state index is 0.0715. The van der Waals surface area contributed by atoms with Crippen LogP contribution in [0.5, 0.6) is 0 Å². The van der Waals surface area contributed by atoms with Gasteiger partial charge < -0.3 is 9.84 Å². The van der Waals surface area contributed by atoms with Gasteiger partial charge in [-0.2, -0.15) is 0 Å². The topological polar surface area (TPSA) is 46.5 Å². The van der Waals surface area contributed by atoms with Gasteiger partial charge in [0, 0.05) is 10.4 Å². The molecule has 0 heterocycles. The Morgan fingerprint density at radius 3 is 2.74 bits per heavy atom. The summed E-state index contributed by atoms with van der Waals surface area (Å²) in [7, 11) is 0. The highest BCUT2D eigenvalue weighted by Crippen LogP contribution is 2.42. The summed E-state index contributed by atoms with van der Waals surface area (Å²) < 4.78 is 5.59. The third-order valence-corrected chi connectivity index (χ3v) is 4.42. The van der Waals surface area contributed by atoms with Gasteiger partial charge in [-0.15, -0.1) is 0 Å². The lowest BCUT2D eigenvalue weighted by atomic mass is 9.82. The Morgan fingerprint density at radius 2 is 2.16 bits per heavy atom. The average Bonchev–Trinajstić information content (AvgIpc) is 2.82. The van der Waals surface area contributed by atoms with E-state index >= 15 is 0 Å². The number of halogens is 1. The fraction of sp³-hybridized carbons (Fsp3) is 0.533. The number of carbonyl (C=O) groups excluding carboxylic acids is 1. The van der Waals surface area contributed by atoms with Crippen LogP contribution in [0, 0.1) is 5.41 Å². The second kappa shape index (κ2) is 5.93. The van der Waals surface area contributed by atoms with Crippen LogP contribution >= 0.6 is 11.6 Å². The molecule has 0 spiro atoms. The molecule has 1 saturated carbocycles. The van der Waals surface area contributed by atoms with Crippen LogP contribution in [0.4, 0.5) is 0 Å². The third-order valence-electron chi connectivity index (χ3n) is 4.17. The van der Waals surface area contributed by atoms with E-state index < -0.39 is 0 Å². The van der Waals surface area contributed by atoms with Crippen LogP contribution in [0.25, 0.3) is 0 Å². The molecule has 1 aliphatic rings. The first kappa shape index (κ1) is 14.4. The highest BCUT2D eigenvalue weighted by Gasteiger charge is 2.43. The van der Waals surface area contributed by atoms with E-state index in [2.05, 4.69) is 0 Å². The zero-order chi connectivity index (χ0) is 13.9. The highest BCUT2D eigenvalue weighted by atomic mass is 35.5. The van der Waals surface area contributed by atoms with Gasteiger partial charge in [0.15, 0.2) is 0 Å². The summed E-state index contributed by atoms with van der Waals surface area (Å²) in [5.41, 5.74) is 0.237. The van der Waals surface area contributed by atoms with Gasteiger partial charge in [-0.05, 0) is 49.9 Å². The molecule has 1 fully saturated rings. The van der Waals surface area contributed by atoms with Crippen molar-refractivity contribution in [2.45, 2.75) is 38.7 Å². The van der Waals surface area contributed by atoms with Gasteiger partial charge in [0.25, 0.3) is 0 Å². The molecule has 4 heteroatoms. The van der Waals surface area contributed by atoms with Gasteiger partial charge in [-0.25, -0.2) is 4.79 Å². The Kier molecular flexibility index (Phi) is 4.48. The molecular weight excluding hydrogens is 264 g/mol. The number of aliphatic hydroxyl groups is 1. The quantitative estimate of drug-likeness (QED) is 0.861. The van der Waals surface area contributed by atoms with E-state index in [0.29, 0.717) is 10.6 Å². The number of benzene rings is 1. The van der Waals surface area contributed by atoms with Gasteiger partial charge in [0.05, 0.1) is 12.2 Å². The first-order valence-electron chi connectivity index (χ1n) is 6.69. The van der Waals surface area contributed by atoms with E-state index in [1.54, 1.807) is 24.3 Å². The lowest BCUT2D eigenvalue weighted by molar-refractivity contribution is -0.0274. The van der Waals surface area contributed by atoms with Crippen LogP contribution in [-0.2, 0) is 4.74 Å². The van der Waals surface area contributed by atoms with Crippen LogP contribution in [0.15, 0.2) is 24.3 Å². The standard InChI is InChI=1S/C15H19ClO3/c1-2-15(10-17)9-3-4-13(15)19-14(18)11-5-7-12(16)8-6-11/h5-8,13,17H,2-4,9-10H2,1H3/t13-,15-/m1/s1. The second-order valence-corrected chi connectivity index (χ2v) is 5.60. The molecule has 0 unspecified atom stereocenters. The predicted molar refractivity (Wildman–Crippen MR) is 74.3 cm³/mol. The maximum atomic E-state index is 12.1. The molecule has 1 N–H and O–H groups in total. The molecule has 104 valence electrons. The van der Waals surface area contributed by atoms with Crippen molar-refractivity contribution in [3.8, 4) is 0 Å². The normalized spacial score (nSPS) is 26.4. The summed E-state index contributed by atoms with van der Waals surface area (Å²) in [5.74, 6) is -0.338. The maximum Gasteiger partial charge on any atom is 0.338 e. The Labute approximate surface area is 118 Å². The monoisotopic (exact) mass is 282 g/mol. The molecule has 0 aromatic heterocycles. The smallest absolute Gasteiger partial charge is 0.338 e. The van der Waals surface area contributed by atoms with E-state index in [1.165, 1.54) is 0 Å². The number of carbonyl (C=O) groups is 1. The molecule has 19 heavy (non-hydrogen) atoms. The van der Waals surface area contributed by atoms with Gasteiger partial charge >= 0.3 is 5.97 Å². The van der Waals surface area contributed by atoms with Crippen molar-refractivity contribution < 1.29 is 14.6 Å². The van der Waals surface area contributed by atoms with Crippen LogP contribution in [0.1, 0.15) is 43.0 Å². The Morgan fingerprint density at radius 1 is 1.47 bits per heavy atom. The molecule has 2 atom stereocenters. The fourth-order valence-electron chi connectivity index (χ4n) is 2.77. The summed E-state index contributed by atoms with van der Waals surface area (Å²) in [5, 5.41) is 10.2. The Bertz CT molecular complexity index is 437. The first-order valence-corrected chi connectivity index (χ1v) is 7.06. The van der Waals surface area contributed by atoms with Crippen molar-refractivity contribution in [1.82, 2.24) is 0 Å². The van der Waals surface area contributed by atoms with Crippen LogP contribution < -0.4 is 0 Å². The molecule has 0 radical (unpaired) electrons. The van der Waals surface area contributed by atoms with E-state index in [1.807, 2.05) is 6.92 Å². The summed E-state index contributed by atoms with van der Waals surface area (Å²) in [6.45, 7) is 2.10. The molecule has 1 aromatic rings. The van der Waals surface area contributed by atoms with Crippen LogP contribution in [-0.4, -0.2) is 23.8 Å². The van der Waals surface area contributed by atoms with Crippen molar-refractivity contribution in [1.29, 1.82) is 0 Å². The number of aliphatic hydroxyl groups excluding tert-OH is 1. The lowest BCUT2D eigenvalue weighted by Gasteiger charge is -2.32. The number of esters is 1. The van der Waals surface area contributed by atoms with Gasteiger partial charge in [-0.3, -0.25) is 0 Å². The SMILES string of the molecule is CC[C@]1(CO)CCC[C@H]1OC(=O)c1ccc(Cl)cc1. The van der Waals surface area contributed by atoms with E-state index in [9.17, 15) is 9.90 Å². The zero-order valence-electron chi connectivity index (χ0n) is 11.1. The zero-order valence-corrected chi connectivity index (χ0v) is 11.8. The number of hydrogen-bond donors (Lipinski definition) is 1. The summed E-state index contributed by atoms with van der Waals surface area (Å²) >= 11 is 5.79. The number of hydrogen-bond acceptors (Lipinski definition) is 3. The van der Waals surface area contributed by atoms with Crippen LogP contribution in [0.2, 0.25) is 5.02 Å². The second-order valence-electron chi connectivity index (χ2n) is 5.17. The molecule has 0 aliphatic heterocycles. The maximum absolute atomic E-state index is 12.1. The van der Waals surface area contributed by atoms with E-state index in [4.69, 9.17) is 16.3 Å².